The van der Waals surface area contributed by atoms with Crippen molar-refractivity contribution in [2.75, 3.05) is 5.32 Å². The number of carbonyl (C=O) groups excluding carboxylic acids is 1. The van der Waals surface area contributed by atoms with Crippen LogP contribution in [0.5, 0.6) is 0 Å². The monoisotopic (exact) mass is 321 g/mol. The Morgan fingerprint density at radius 2 is 1.88 bits per heavy atom. The first kappa shape index (κ1) is 16.9. The van der Waals surface area contributed by atoms with Gasteiger partial charge in [-0.15, -0.1) is 0 Å². The number of rotatable bonds is 4. The normalized spacial score (nSPS) is 10.8. The van der Waals surface area contributed by atoms with Crippen LogP contribution >= 0.6 is 0 Å². The Hall–Kier alpha value is -3.46. The Morgan fingerprint density at radius 1 is 1.21 bits per heavy atom. The number of benzene rings is 2. The lowest BCUT2D eigenvalue weighted by molar-refractivity contribution is -0.384. The van der Waals surface area contributed by atoms with Gasteiger partial charge in [-0.05, 0) is 48.7 Å². The summed E-state index contributed by atoms with van der Waals surface area (Å²) in [5, 5.41) is 22.7. The lowest BCUT2D eigenvalue weighted by atomic mass is 10.1. The van der Waals surface area contributed by atoms with Crippen LogP contribution in [-0.4, -0.2) is 10.8 Å². The molecule has 1 amide bonds. The topological polar surface area (TPSA) is 96.0 Å². The maximum absolute atomic E-state index is 12.3. The van der Waals surface area contributed by atoms with Crippen LogP contribution in [0.15, 0.2) is 48.0 Å². The maximum Gasteiger partial charge on any atom is 0.270 e. The van der Waals surface area contributed by atoms with E-state index in [1.165, 1.54) is 24.3 Å². The Morgan fingerprint density at radius 3 is 2.46 bits per heavy atom. The molecule has 0 aliphatic heterocycles. The number of hydrogen-bond donors (Lipinski definition) is 1. The van der Waals surface area contributed by atoms with Crippen LogP contribution in [0.4, 0.5) is 11.4 Å². The summed E-state index contributed by atoms with van der Waals surface area (Å²) in [4.78, 5) is 22.5. The third-order valence-electron chi connectivity index (χ3n) is 3.24. The first-order chi connectivity index (χ1) is 11.4. The van der Waals surface area contributed by atoms with Crippen LogP contribution in [-0.2, 0) is 4.79 Å². The number of hydrogen-bond acceptors (Lipinski definition) is 4. The summed E-state index contributed by atoms with van der Waals surface area (Å²) in [6.07, 6.45) is 1.32. The van der Waals surface area contributed by atoms with Crippen LogP contribution in [0.25, 0.3) is 6.08 Å². The number of amides is 1. The van der Waals surface area contributed by atoms with Gasteiger partial charge in [-0.3, -0.25) is 14.9 Å². The lowest BCUT2D eigenvalue weighted by Crippen LogP contribution is -2.13. The Bertz CT molecular complexity index is 859. The Kier molecular flexibility index (Phi) is 5.07. The first-order valence-electron chi connectivity index (χ1n) is 7.15. The molecule has 0 saturated carbocycles. The SMILES string of the molecule is Cc1cc(C)cc(NC(=O)/C(C#N)=C/c2cccc([N+](=O)[O-])c2)c1. The number of nitrogens with one attached hydrogen (secondary N) is 1. The minimum absolute atomic E-state index is 0.101. The minimum atomic E-state index is -0.561. The van der Waals surface area contributed by atoms with E-state index in [0.717, 1.165) is 11.1 Å². The van der Waals surface area contributed by atoms with Gasteiger partial charge in [-0.25, -0.2) is 0 Å². The van der Waals surface area contributed by atoms with E-state index in [1.54, 1.807) is 18.2 Å². The van der Waals surface area contributed by atoms with E-state index in [-0.39, 0.29) is 11.3 Å². The summed E-state index contributed by atoms with van der Waals surface area (Å²) in [6.45, 7) is 3.82. The molecule has 0 unspecified atom stereocenters. The van der Waals surface area contributed by atoms with Gasteiger partial charge >= 0.3 is 0 Å². The van der Waals surface area contributed by atoms with E-state index < -0.39 is 10.8 Å². The maximum atomic E-state index is 12.3. The van der Waals surface area contributed by atoms with Crippen molar-refractivity contribution in [1.82, 2.24) is 0 Å². The predicted octanol–water partition coefficient (Wildman–Crippen LogP) is 3.76. The highest BCUT2D eigenvalue weighted by Gasteiger charge is 2.11. The molecule has 24 heavy (non-hydrogen) atoms. The van der Waals surface area contributed by atoms with Gasteiger partial charge in [0.05, 0.1) is 4.92 Å². The number of nitro benzene ring substituents is 1. The third kappa shape index (κ3) is 4.27. The first-order valence-corrected chi connectivity index (χ1v) is 7.15. The highest BCUT2D eigenvalue weighted by molar-refractivity contribution is 6.09. The van der Waals surface area contributed by atoms with Crippen LogP contribution in [0.2, 0.25) is 0 Å². The summed E-state index contributed by atoms with van der Waals surface area (Å²) >= 11 is 0. The third-order valence-corrected chi connectivity index (χ3v) is 3.24. The van der Waals surface area contributed by atoms with E-state index in [4.69, 9.17) is 0 Å². The summed E-state index contributed by atoms with van der Waals surface area (Å²) in [7, 11) is 0. The average Bonchev–Trinajstić information content (AvgIpc) is 2.51. The van der Waals surface area contributed by atoms with Gasteiger partial charge in [-0.2, -0.15) is 5.26 Å². The molecule has 0 spiro atoms. The number of nitriles is 1. The minimum Gasteiger partial charge on any atom is -0.321 e. The molecule has 6 nitrogen and oxygen atoms in total. The van der Waals surface area contributed by atoms with Crippen molar-refractivity contribution >= 4 is 23.4 Å². The number of non-ortho nitro benzene ring substituents is 1. The quantitative estimate of drug-likeness (QED) is 0.401. The molecular formula is C18H15N3O3. The summed E-state index contributed by atoms with van der Waals surface area (Å²) in [6, 6.07) is 13.1. The molecule has 0 aliphatic rings. The van der Waals surface area contributed by atoms with Crippen molar-refractivity contribution in [1.29, 1.82) is 5.26 Å². The second kappa shape index (κ2) is 7.20. The van der Waals surface area contributed by atoms with E-state index >= 15 is 0 Å². The highest BCUT2D eigenvalue weighted by atomic mass is 16.6. The van der Waals surface area contributed by atoms with E-state index in [2.05, 4.69) is 5.32 Å². The Labute approximate surface area is 139 Å². The molecule has 0 heterocycles. The van der Waals surface area contributed by atoms with E-state index in [0.29, 0.717) is 11.3 Å². The van der Waals surface area contributed by atoms with Gasteiger partial charge in [0, 0.05) is 17.8 Å². The van der Waals surface area contributed by atoms with Crippen molar-refractivity contribution in [3.8, 4) is 6.07 Å². The van der Waals surface area contributed by atoms with Gasteiger partial charge < -0.3 is 5.32 Å². The van der Waals surface area contributed by atoms with Gasteiger partial charge in [0.2, 0.25) is 0 Å². The Balaban J connectivity index is 2.27. The molecule has 6 heteroatoms. The lowest BCUT2D eigenvalue weighted by Gasteiger charge is -2.07. The fourth-order valence-electron chi connectivity index (χ4n) is 2.29. The molecule has 0 aliphatic carbocycles. The molecule has 0 fully saturated rings. The number of anilines is 1. The van der Waals surface area contributed by atoms with E-state index in [1.807, 2.05) is 26.0 Å². The fraction of sp³-hybridized carbons (Fsp3) is 0.111. The van der Waals surface area contributed by atoms with Crippen molar-refractivity contribution in [3.63, 3.8) is 0 Å². The summed E-state index contributed by atoms with van der Waals surface area (Å²) in [5.74, 6) is -0.561. The number of nitrogens with zero attached hydrogens (tertiary/aromatic N) is 2. The molecule has 0 aromatic heterocycles. The molecule has 0 saturated heterocycles. The standard InChI is InChI=1S/C18H15N3O3/c1-12-6-13(2)8-16(7-12)20-18(22)15(11-19)9-14-4-3-5-17(10-14)21(23)24/h3-10H,1-2H3,(H,20,22)/b15-9+. The zero-order chi connectivity index (χ0) is 17.7. The predicted molar refractivity (Wildman–Crippen MR) is 91.2 cm³/mol. The van der Waals surface area contributed by atoms with Gasteiger partial charge in [0.15, 0.2) is 0 Å². The fourth-order valence-corrected chi connectivity index (χ4v) is 2.29. The molecule has 2 aromatic rings. The second-order valence-corrected chi connectivity index (χ2v) is 5.35. The van der Waals surface area contributed by atoms with Crippen LogP contribution < -0.4 is 5.32 Å². The van der Waals surface area contributed by atoms with Crippen molar-refractivity contribution in [2.45, 2.75) is 13.8 Å². The highest BCUT2D eigenvalue weighted by Crippen LogP contribution is 2.18. The van der Waals surface area contributed by atoms with Crippen molar-refractivity contribution < 1.29 is 9.72 Å². The average molecular weight is 321 g/mol. The molecule has 2 aromatic carbocycles. The smallest absolute Gasteiger partial charge is 0.270 e. The van der Waals surface area contributed by atoms with E-state index in [9.17, 15) is 20.2 Å². The van der Waals surface area contributed by atoms with Crippen LogP contribution in [0.3, 0.4) is 0 Å². The molecule has 120 valence electrons. The molecule has 1 N–H and O–H groups in total. The van der Waals surface area contributed by atoms with Gasteiger partial charge in [-0.1, -0.05) is 18.2 Å². The summed E-state index contributed by atoms with van der Waals surface area (Å²) < 4.78 is 0. The zero-order valence-electron chi connectivity index (χ0n) is 13.2. The summed E-state index contributed by atoms with van der Waals surface area (Å²) in [5.41, 5.74) is 2.76. The van der Waals surface area contributed by atoms with Gasteiger partial charge in [0.25, 0.3) is 11.6 Å². The number of nitro groups is 1. The van der Waals surface area contributed by atoms with Gasteiger partial charge in [0.1, 0.15) is 11.6 Å². The number of carbonyl (C=O) groups is 1. The second-order valence-electron chi connectivity index (χ2n) is 5.35. The molecule has 0 atom stereocenters. The van der Waals surface area contributed by atoms with Crippen molar-refractivity contribution in [2.24, 2.45) is 0 Å². The molecular weight excluding hydrogens is 306 g/mol. The van der Waals surface area contributed by atoms with Crippen molar-refractivity contribution in [3.05, 3.63) is 74.8 Å². The molecule has 2 rings (SSSR count). The number of aryl methyl sites for hydroxylation is 2. The molecule has 0 bridgehead atoms. The van der Waals surface area contributed by atoms with Crippen LogP contribution in [0.1, 0.15) is 16.7 Å². The largest absolute Gasteiger partial charge is 0.321 e. The molecule has 0 radical (unpaired) electrons. The van der Waals surface area contributed by atoms with Crippen LogP contribution in [0, 0.1) is 35.3 Å². The zero-order valence-corrected chi connectivity index (χ0v) is 13.2.